The smallest absolute Gasteiger partial charge is 0.260 e. The van der Waals surface area contributed by atoms with Gasteiger partial charge in [0.25, 0.3) is 5.91 Å². The highest BCUT2D eigenvalue weighted by molar-refractivity contribution is 5.85. The first-order chi connectivity index (χ1) is 10.6. The van der Waals surface area contributed by atoms with Crippen LogP contribution in [0, 0.1) is 5.92 Å². The molecule has 1 aliphatic heterocycles. The summed E-state index contributed by atoms with van der Waals surface area (Å²) in [5.41, 5.74) is 5.80. The van der Waals surface area contributed by atoms with E-state index in [1.165, 1.54) is 0 Å². The Morgan fingerprint density at radius 2 is 1.87 bits per heavy atom. The van der Waals surface area contributed by atoms with Crippen molar-refractivity contribution in [1.82, 2.24) is 4.90 Å². The molecule has 1 aliphatic rings. The van der Waals surface area contributed by atoms with E-state index in [-0.39, 0.29) is 31.0 Å². The minimum absolute atomic E-state index is 0. The molecular weight excluding hydrogens is 316 g/mol. The van der Waals surface area contributed by atoms with Gasteiger partial charge in [0.1, 0.15) is 11.5 Å². The lowest BCUT2D eigenvalue weighted by Crippen LogP contribution is -2.50. The van der Waals surface area contributed by atoms with Gasteiger partial charge in [0.15, 0.2) is 6.61 Å². The van der Waals surface area contributed by atoms with E-state index in [9.17, 15) is 4.79 Å². The van der Waals surface area contributed by atoms with Gasteiger partial charge >= 0.3 is 0 Å². The predicted octanol–water partition coefficient (Wildman–Crippen LogP) is 2.47. The van der Waals surface area contributed by atoms with Crippen LogP contribution >= 0.6 is 12.4 Å². The number of hydrogen-bond donors (Lipinski definition) is 1. The third-order valence-corrected chi connectivity index (χ3v) is 4.07. The Morgan fingerprint density at radius 1 is 1.26 bits per heavy atom. The second-order valence-corrected chi connectivity index (χ2v) is 5.80. The average molecular weight is 343 g/mol. The van der Waals surface area contributed by atoms with Crippen LogP contribution in [0.2, 0.25) is 0 Å². The van der Waals surface area contributed by atoms with Crippen molar-refractivity contribution in [1.29, 1.82) is 0 Å². The van der Waals surface area contributed by atoms with Crippen LogP contribution in [0.5, 0.6) is 11.5 Å². The molecule has 1 fully saturated rings. The lowest BCUT2D eigenvalue weighted by Gasteiger charge is -2.37. The largest absolute Gasteiger partial charge is 0.494 e. The molecule has 2 atom stereocenters. The van der Waals surface area contributed by atoms with Crippen LogP contribution in [0.25, 0.3) is 0 Å². The SMILES string of the molecule is CCOc1ccc(OCC(=O)N2CCC(C)CC2CN)cc1.Cl. The summed E-state index contributed by atoms with van der Waals surface area (Å²) in [5.74, 6) is 2.11. The van der Waals surface area contributed by atoms with Crippen LogP contribution in [0.4, 0.5) is 0 Å². The zero-order valence-corrected chi connectivity index (χ0v) is 14.7. The van der Waals surface area contributed by atoms with Gasteiger partial charge in [0.05, 0.1) is 6.61 Å². The zero-order valence-electron chi connectivity index (χ0n) is 13.9. The Balaban J connectivity index is 0.00000264. The molecule has 1 aromatic carbocycles. The normalized spacial score (nSPS) is 20.6. The summed E-state index contributed by atoms with van der Waals surface area (Å²) >= 11 is 0. The molecule has 2 unspecified atom stereocenters. The van der Waals surface area contributed by atoms with Crippen LogP contribution in [0.15, 0.2) is 24.3 Å². The summed E-state index contributed by atoms with van der Waals surface area (Å²) in [6, 6.07) is 7.46. The zero-order chi connectivity index (χ0) is 15.9. The van der Waals surface area contributed by atoms with Gasteiger partial charge in [-0.3, -0.25) is 4.79 Å². The number of carbonyl (C=O) groups excluding carboxylic acids is 1. The van der Waals surface area contributed by atoms with E-state index in [1.807, 2.05) is 36.1 Å². The number of likely N-dealkylation sites (tertiary alicyclic amines) is 1. The maximum absolute atomic E-state index is 12.3. The standard InChI is InChI=1S/C17H26N2O3.ClH/c1-3-21-15-4-6-16(7-5-15)22-12-17(20)19-9-8-13(2)10-14(19)11-18;/h4-7,13-14H,3,8-12,18H2,1-2H3;1H. The van der Waals surface area contributed by atoms with E-state index in [0.29, 0.717) is 24.8 Å². The predicted molar refractivity (Wildman–Crippen MR) is 93.3 cm³/mol. The highest BCUT2D eigenvalue weighted by Gasteiger charge is 2.28. The molecule has 6 heteroatoms. The van der Waals surface area contributed by atoms with Crippen LogP contribution in [-0.2, 0) is 4.79 Å². The Labute approximate surface area is 144 Å². The number of halogens is 1. The molecule has 0 spiro atoms. The van der Waals surface area contributed by atoms with Crippen molar-refractivity contribution in [3.63, 3.8) is 0 Å². The monoisotopic (exact) mass is 342 g/mol. The van der Waals surface area contributed by atoms with Crippen molar-refractivity contribution < 1.29 is 14.3 Å². The molecular formula is C17H27ClN2O3. The number of carbonyl (C=O) groups is 1. The molecule has 0 aliphatic carbocycles. The molecule has 1 heterocycles. The summed E-state index contributed by atoms with van der Waals surface area (Å²) in [7, 11) is 0. The van der Waals surface area contributed by atoms with Crippen LogP contribution < -0.4 is 15.2 Å². The summed E-state index contributed by atoms with van der Waals surface area (Å²) < 4.78 is 11.0. The molecule has 1 saturated heterocycles. The fourth-order valence-corrected chi connectivity index (χ4v) is 2.83. The van der Waals surface area contributed by atoms with E-state index in [1.54, 1.807) is 0 Å². The van der Waals surface area contributed by atoms with Crippen LogP contribution in [0.1, 0.15) is 26.7 Å². The van der Waals surface area contributed by atoms with E-state index < -0.39 is 0 Å². The number of benzene rings is 1. The lowest BCUT2D eigenvalue weighted by atomic mass is 9.92. The molecule has 2 rings (SSSR count). The summed E-state index contributed by atoms with van der Waals surface area (Å²) in [6.45, 7) is 6.12. The number of nitrogens with two attached hydrogens (primary N) is 1. The van der Waals surface area contributed by atoms with Gasteiger partial charge in [-0.15, -0.1) is 12.4 Å². The third-order valence-electron chi connectivity index (χ3n) is 4.07. The highest BCUT2D eigenvalue weighted by Crippen LogP contribution is 2.22. The van der Waals surface area contributed by atoms with Crippen molar-refractivity contribution in [3.05, 3.63) is 24.3 Å². The van der Waals surface area contributed by atoms with Crippen LogP contribution in [0.3, 0.4) is 0 Å². The molecule has 2 N–H and O–H groups in total. The number of hydrogen-bond acceptors (Lipinski definition) is 4. The Kier molecular flexibility index (Phi) is 8.20. The second-order valence-electron chi connectivity index (χ2n) is 5.80. The summed E-state index contributed by atoms with van der Waals surface area (Å²) in [5, 5.41) is 0. The number of ether oxygens (including phenoxy) is 2. The number of amides is 1. The first kappa shape index (κ1) is 19.6. The second kappa shape index (κ2) is 9.63. The maximum atomic E-state index is 12.3. The minimum atomic E-state index is 0. The number of rotatable bonds is 6. The number of piperidine rings is 1. The van der Waals surface area contributed by atoms with Gasteiger partial charge in [-0.1, -0.05) is 6.92 Å². The van der Waals surface area contributed by atoms with Gasteiger partial charge in [-0.05, 0) is 49.9 Å². The molecule has 130 valence electrons. The van der Waals surface area contributed by atoms with Crippen molar-refractivity contribution in [2.24, 2.45) is 11.7 Å². The molecule has 1 aromatic rings. The first-order valence-corrected chi connectivity index (χ1v) is 7.99. The van der Waals surface area contributed by atoms with Gasteiger partial charge in [-0.25, -0.2) is 0 Å². The molecule has 5 nitrogen and oxygen atoms in total. The topological polar surface area (TPSA) is 64.8 Å². The van der Waals surface area contributed by atoms with E-state index in [2.05, 4.69) is 6.92 Å². The highest BCUT2D eigenvalue weighted by atomic mass is 35.5. The molecule has 1 amide bonds. The van der Waals surface area contributed by atoms with E-state index >= 15 is 0 Å². The molecule has 0 bridgehead atoms. The molecule has 0 radical (unpaired) electrons. The van der Waals surface area contributed by atoms with E-state index in [0.717, 1.165) is 25.1 Å². The van der Waals surface area contributed by atoms with Crippen molar-refractivity contribution in [3.8, 4) is 11.5 Å². The first-order valence-electron chi connectivity index (χ1n) is 7.99. The van der Waals surface area contributed by atoms with Crippen molar-refractivity contribution in [2.45, 2.75) is 32.7 Å². The molecule has 0 saturated carbocycles. The van der Waals surface area contributed by atoms with E-state index in [4.69, 9.17) is 15.2 Å². The van der Waals surface area contributed by atoms with Gasteiger partial charge < -0.3 is 20.1 Å². The van der Waals surface area contributed by atoms with Crippen molar-refractivity contribution in [2.75, 3.05) is 26.3 Å². The Bertz CT molecular complexity index is 481. The van der Waals surface area contributed by atoms with Crippen molar-refractivity contribution >= 4 is 18.3 Å². The fraction of sp³-hybridized carbons (Fsp3) is 0.588. The van der Waals surface area contributed by atoms with Gasteiger partial charge in [-0.2, -0.15) is 0 Å². The summed E-state index contributed by atoms with van der Waals surface area (Å²) in [4.78, 5) is 14.2. The minimum Gasteiger partial charge on any atom is -0.494 e. The van der Waals surface area contributed by atoms with Gasteiger partial charge in [0, 0.05) is 19.1 Å². The molecule has 23 heavy (non-hydrogen) atoms. The maximum Gasteiger partial charge on any atom is 0.260 e. The third kappa shape index (κ3) is 5.59. The lowest BCUT2D eigenvalue weighted by molar-refractivity contribution is -0.137. The van der Waals surface area contributed by atoms with Gasteiger partial charge in [0.2, 0.25) is 0 Å². The summed E-state index contributed by atoms with van der Waals surface area (Å²) in [6.07, 6.45) is 2.01. The Morgan fingerprint density at radius 3 is 2.43 bits per heavy atom. The number of nitrogens with zero attached hydrogens (tertiary/aromatic N) is 1. The van der Waals surface area contributed by atoms with Crippen LogP contribution in [-0.4, -0.2) is 43.2 Å². The quantitative estimate of drug-likeness (QED) is 0.862. The fourth-order valence-electron chi connectivity index (χ4n) is 2.83. The Hall–Kier alpha value is -1.46. The molecule has 0 aromatic heterocycles. The average Bonchev–Trinajstić information content (AvgIpc) is 2.54.